The average molecular weight is 388 g/mol. The summed E-state index contributed by atoms with van der Waals surface area (Å²) in [5.74, 6) is 0.938. The summed E-state index contributed by atoms with van der Waals surface area (Å²) in [7, 11) is -1.25. The van der Waals surface area contributed by atoms with E-state index in [0.717, 1.165) is 38.8 Å². The molecule has 1 saturated heterocycles. The van der Waals surface area contributed by atoms with E-state index in [-0.39, 0.29) is 6.10 Å². The number of aromatic amines is 1. The second-order valence-corrected chi connectivity index (χ2v) is 8.94. The molecule has 8 heteroatoms. The maximum absolute atomic E-state index is 12.6. The number of hydrogen-bond donors (Lipinski definition) is 3. The van der Waals surface area contributed by atoms with Gasteiger partial charge in [-0.1, -0.05) is 6.07 Å². The number of morpholine rings is 1. The van der Waals surface area contributed by atoms with E-state index in [1.54, 1.807) is 0 Å². The first-order valence-corrected chi connectivity index (χ1v) is 11.2. The van der Waals surface area contributed by atoms with Crippen molar-refractivity contribution < 1.29 is 8.95 Å². The van der Waals surface area contributed by atoms with Crippen LogP contribution >= 0.6 is 0 Å². The molecule has 1 fully saturated rings. The van der Waals surface area contributed by atoms with Crippen LogP contribution in [-0.4, -0.2) is 50.9 Å². The first kappa shape index (κ1) is 17.3. The van der Waals surface area contributed by atoms with Gasteiger partial charge in [0.15, 0.2) is 0 Å². The zero-order chi connectivity index (χ0) is 18.2. The predicted molar refractivity (Wildman–Crippen MR) is 104 cm³/mol. The quantitative estimate of drug-likeness (QED) is 0.722. The molecule has 0 spiro atoms. The molecule has 2 aromatic rings. The van der Waals surface area contributed by atoms with Gasteiger partial charge in [-0.05, 0) is 60.8 Å². The van der Waals surface area contributed by atoms with E-state index in [0.29, 0.717) is 23.5 Å². The molecule has 5 rings (SSSR count). The van der Waals surface area contributed by atoms with Gasteiger partial charge in [-0.3, -0.25) is 9.31 Å². The van der Waals surface area contributed by atoms with Gasteiger partial charge in [0, 0.05) is 18.8 Å². The van der Waals surface area contributed by atoms with Crippen molar-refractivity contribution in [3.63, 3.8) is 0 Å². The molecular weight excluding hydrogens is 362 g/mol. The number of hydrogen-bond acceptors (Lipinski definition) is 6. The van der Waals surface area contributed by atoms with Gasteiger partial charge in [0.1, 0.15) is 0 Å². The summed E-state index contributed by atoms with van der Waals surface area (Å²) in [4.78, 5) is 4.47. The maximum atomic E-state index is 12.6. The van der Waals surface area contributed by atoms with Crippen molar-refractivity contribution in [3.8, 4) is 0 Å². The van der Waals surface area contributed by atoms with Crippen LogP contribution in [0.15, 0.2) is 11.2 Å². The highest BCUT2D eigenvalue weighted by molar-refractivity contribution is 7.84. The van der Waals surface area contributed by atoms with Gasteiger partial charge in [-0.15, -0.1) is 5.10 Å². The van der Waals surface area contributed by atoms with Gasteiger partial charge in [0.05, 0.1) is 29.3 Å². The van der Waals surface area contributed by atoms with Crippen molar-refractivity contribution in [2.75, 3.05) is 30.8 Å². The second-order valence-electron chi connectivity index (χ2n) is 7.53. The van der Waals surface area contributed by atoms with Crippen LogP contribution in [0.25, 0.3) is 0 Å². The van der Waals surface area contributed by atoms with Crippen LogP contribution in [0.2, 0.25) is 0 Å². The lowest BCUT2D eigenvalue weighted by Gasteiger charge is -2.22. The van der Waals surface area contributed by atoms with E-state index >= 15 is 0 Å². The molecule has 2 aliphatic carbocycles. The number of nitrogens with one attached hydrogen (secondary N) is 3. The lowest BCUT2D eigenvalue weighted by molar-refractivity contribution is 0.0435. The Kier molecular flexibility index (Phi) is 4.71. The van der Waals surface area contributed by atoms with Crippen molar-refractivity contribution in [1.82, 2.24) is 20.5 Å². The van der Waals surface area contributed by atoms with E-state index in [1.165, 1.54) is 40.8 Å². The van der Waals surface area contributed by atoms with E-state index < -0.39 is 10.8 Å². The first-order chi connectivity index (χ1) is 13.3. The minimum Gasteiger partial charge on any atom is -0.375 e. The number of aromatic nitrogens is 3. The number of fused-ring (bicyclic) bond motifs is 2. The monoisotopic (exact) mass is 387 g/mol. The summed E-state index contributed by atoms with van der Waals surface area (Å²) in [6, 6.07) is 2.41. The standard InChI is InChI=1S/C19H25N5O2S/c25-27(11-14-10-20-7-8-26-14)19-22-18(23-24-19)21-17-15-5-1-3-12(15)9-13-4-2-6-16(13)17/h9,14,20H,1-8,10-11H2,(H2,21,22,23,24). The van der Waals surface area contributed by atoms with Crippen LogP contribution in [0.5, 0.6) is 0 Å². The summed E-state index contributed by atoms with van der Waals surface area (Å²) < 4.78 is 18.2. The van der Waals surface area contributed by atoms with Crippen LogP contribution < -0.4 is 10.6 Å². The summed E-state index contributed by atoms with van der Waals surface area (Å²) in [6.45, 7) is 2.24. The number of aryl methyl sites for hydroxylation is 2. The van der Waals surface area contributed by atoms with Gasteiger partial charge in [0.25, 0.3) is 0 Å². The van der Waals surface area contributed by atoms with E-state index in [4.69, 9.17) is 4.74 Å². The number of nitrogens with zero attached hydrogens (tertiary/aromatic N) is 2. The molecule has 3 N–H and O–H groups in total. The maximum Gasteiger partial charge on any atom is 0.247 e. The molecule has 0 radical (unpaired) electrons. The zero-order valence-electron chi connectivity index (χ0n) is 15.3. The molecule has 7 nitrogen and oxygen atoms in total. The van der Waals surface area contributed by atoms with Crippen molar-refractivity contribution >= 4 is 22.4 Å². The minimum atomic E-state index is -1.25. The molecule has 0 saturated carbocycles. The molecule has 1 aromatic carbocycles. The SMILES string of the molecule is O=S(CC1CNCCO1)c1nc(Nc2c3c(cc4c2CCC4)CCC3)n[nH]1. The third-order valence-electron chi connectivity index (χ3n) is 5.73. The lowest BCUT2D eigenvalue weighted by atomic mass is 9.99. The first-order valence-electron chi connectivity index (χ1n) is 9.84. The van der Waals surface area contributed by atoms with Gasteiger partial charge in [-0.25, -0.2) is 0 Å². The van der Waals surface area contributed by atoms with E-state index in [1.807, 2.05) is 0 Å². The highest BCUT2D eigenvalue weighted by Gasteiger charge is 2.25. The van der Waals surface area contributed by atoms with Crippen LogP contribution in [0, 0.1) is 0 Å². The molecule has 1 aromatic heterocycles. The Morgan fingerprint density at radius 3 is 2.67 bits per heavy atom. The molecule has 2 atom stereocenters. The molecule has 2 heterocycles. The highest BCUT2D eigenvalue weighted by Crippen LogP contribution is 2.39. The fourth-order valence-electron chi connectivity index (χ4n) is 4.46. The van der Waals surface area contributed by atoms with Gasteiger partial charge in [0.2, 0.25) is 11.1 Å². The fourth-order valence-corrected chi connectivity index (χ4v) is 5.50. The summed E-state index contributed by atoms with van der Waals surface area (Å²) >= 11 is 0. The molecule has 27 heavy (non-hydrogen) atoms. The van der Waals surface area contributed by atoms with Gasteiger partial charge in [-0.2, -0.15) is 4.98 Å². The van der Waals surface area contributed by atoms with Crippen molar-refractivity contribution in [1.29, 1.82) is 0 Å². The Bertz CT molecular complexity index is 843. The number of ether oxygens (including phenoxy) is 1. The van der Waals surface area contributed by atoms with Crippen molar-refractivity contribution in [2.24, 2.45) is 0 Å². The van der Waals surface area contributed by atoms with E-state index in [2.05, 4.69) is 31.9 Å². The largest absolute Gasteiger partial charge is 0.375 e. The third kappa shape index (κ3) is 3.41. The van der Waals surface area contributed by atoms with Crippen molar-refractivity contribution in [3.05, 3.63) is 28.3 Å². The Morgan fingerprint density at radius 1 is 1.19 bits per heavy atom. The molecule has 2 unspecified atom stereocenters. The molecule has 0 amide bonds. The number of benzene rings is 1. The molecule has 1 aliphatic heterocycles. The predicted octanol–water partition coefficient (Wildman–Crippen LogP) is 1.62. The molecule has 0 bridgehead atoms. The van der Waals surface area contributed by atoms with Crippen LogP contribution in [-0.2, 0) is 41.2 Å². The van der Waals surface area contributed by atoms with Crippen LogP contribution in [0.1, 0.15) is 35.1 Å². The number of rotatable bonds is 5. The Morgan fingerprint density at radius 2 is 1.96 bits per heavy atom. The average Bonchev–Trinajstić information content (AvgIpc) is 3.42. The topological polar surface area (TPSA) is 91.9 Å². The number of H-pyrrole nitrogens is 1. The minimum absolute atomic E-state index is 0.0400. The summed E-state index contributed by atoms with van der Waals surface area (Å²) in [5.41, 5.74) is 6.99. The summed E-state index contributed by atoms with van der Waals surface area (Å²) in [5, 5.41) is 14.3. The third-order valence-corrected chi connectivity index (χ3v) is 7.02. The fraction of sp³-hybridized carbons (Fsp3) is 0.579. The Hall–Kier alpha value is -1.77. The smallest absolute Gasteiger partial charge is 0.247 e. The van der Waals surface area contributed by atoms with Crippen LogP contribution in [0.4, 0.5) is 11.6 Å². The summed E-state index contributed by atoms with van der Waals surface area (Å²) in [6.07, 6.45) is 6.94. The van der Waals surface area contributed by atoms with Gasteiger partial charge >= 0.3 is 0 Å². The normalized spacial score (nSPS) is 22.4. The molecular formula is C19H25N5O2S. The van der Waals surface area contributed by atoms with Crippen molar-refractivity contribution in [2.45, 2.75) is 49.8 Å². The van der Waals surface area contributed by atoms with Crippen LogP contribution in [0.3, 0.4) is 0 Å². The number of anilines is 2. The highest BCUT2D eigenvalue weighted by atomic mass is 32.2. The zero-order valence-corrected chi connectivity index (χ0v) is 16.2. The molecule has 144 valence electrons. The van der Waals surface area contributed by atoms with E-state index in [9.17, 15) is 4.21 Å². The van der Waals surface area contributed by atoms with Gasteiger partial charge < -0.3 is 15.4 Å². The Labute approximate surface area is 161 Å². The second kappa shape index (κ2) is 7.33. The Balaban J connectivity index is 1.35. The molecule has 3 aliphatic rings. The lowest BCUT2D eigenvalue weighted by Crippen LogP contribution is -2.41.